The maximum Gasteiger partial charge on any atom is 0.229 e. The molecule has 1 aromatic carbocycles. The summed E-state index contributed by atoms with van der Waals surface area (Å²) < 4.78 is 2.06. The van der Waals surface area contributed by atoms with Crippen LogP contribution in [0.15, 0.2) is 34.6 Å². The van der Waals surface area contributed by atoms with Gasteiger partial charge in [-0.25, -0.2) is 0 Å². The zero-order valence-corrected chi connectivity index (χ0v) is 13.9. The zero-order valence-electron chi connectivity index (χ0n) is 13.1. The predicted octanol–water partition coefficient (Wildman–Crippen LogP) is 3.27. The fourth-order valence-electron chi connectivity index (χ4n) is 1.88. The van der Waals surface area contributed by atoms with E-state index in [9.17, 15) is 4.79 Å². The van der Waals surface area contributed by atoms with E-state index in [4.69, 9.17) is 0 Å². The van der Waals surface area contributed by atoms with Gasteiger partial charge in [-0.3, -0.25) is 9.79 Å². The third-order valence-corrected chi connectivity index (χ3v) is 4.24. The van der Waals surface area contributed by atoms with E-state index < -0.39 is 5.41 Å². The summed E-state index contributed by atoms with van der Waals surface area (Å²) in [4.78, 5) is 17.2. The van der Waals surface area contributed by atoms with Crippen molar-refractivity contribution in [3.05, 3.63) is 34.4 Å². The van der Waals surface area contributed by atoms with Gasteiger partial charge >= 0.3 is 0 Å². The highest BCUT2D eigenvalue weighted by molar-refractivity contribution is 7.07. The number of aromatic nitrogens is 1. The standard InChI is InChI=1S/C16H21N3OS/c1-16(2,3)14(20)18-12-8-6-11(7-9-12)13-10-21-15(17-4)19(13)5/h6-10H,1-5H3,(H,18,20). The Morgan fingerprint density at radius 3 is 2.33 bits per heavy atom. The number of benzene rings is 1. The molecular weight excluding hydrogens is 282 g/mol. The minimum Gasteiger partial charge on any atom is -0.326 e. The number of nitrogens with zero attached hydrogens (tertiary/aromatic N) is 2. The third-order valence-electron chi connectivity index (χ3n) is 3.24. The van der Waals surface area contributed by atoms with Crippen molar-refractivity contribution < 1.29 is 4.79 Å². The van der Waals surface area contributed by atoms with E-state index in [0.29, 0.717) is 0 Å². The van der Waals surface area contributed by atoms with Gasteiger partial charge in [0.15, 0.2) is 4.80 Å². The lowest BCUT2D eigenvalue weighted by molar-refractivity contribution is -0.123. The highest BCUT2D eigenvalue weighted by Crippen LogP contribution is 2.23. The molecule has 0 aliphatic heterocycles. The van der Waals surface area contributed by atoms with Gasteiger partial charge in [-0.05, 0) is 17.7 Å². The smallest absolute Gasteiger partial charge is 0.229 e. The van der Waals surface area contributed by atoms with Crippen molar-refractivity contribution in [1.29, 1.82) is 0 Å². The molecule has 0 radical (unpaired) electrons. The Morgan fingerprint density at radius 1 is 1.24 bits per heavy atom. The van der Waals surface area contributed by atoms with Crippen LogP contribution in [0.5, 0.6) is 0 Å². The van der Waals surface area contributed by atoms with Crippen LogP contribution in [0.4, 0.5) is 5.69 Å². The Balaban J connectivity index is 2.23. The molecule has 2 aromatic rings. The Bertz CT molecular complexity index is 702. The number of carbonyl (C=O) groups excluding carboxylic acids is 1. The second-order valence-corrected chi connectivity index (χ2v) is 6.80. The van der Waals surface area contributed by atoms with Crippen molar-refractivity contribution >= 4 is 22.9 Å². The summed E-state index contributed by atoms with van der Waals surface area (Å²) in [7, 11) is 3.80. The molecule has 0 saturated heterocycles. The van der Waals surface area contributed by atoms with E-state index in [-0.39, 0.29) is 5.91 Å². The fraction of sp³-hybridized carbons (Fsp3) is 0.375. The summed E-state index contributed by atoms with van der Waals surface area (Å²) in [6, 6.07) is 7.89. The lowest BCUT2D eigenvalue weighted by atomic mass is 9.95. The number of thiazole rings is 1. The quantitative estimate of drug-likeness (QED) is 0.909. The molecule has 1 N–H and O–H groups in total. The van der Waals surface area contributed by atoms with E-state index >= 15 is 0 Å². The van der Waals surface area contributed by atoms with Gasteiger partial charge in [0.2, 0.25) is 5.91 Å². The number of anilines is 1. The van der Waals surface area contributed by atoms with E-state index in [1.807, 2.05) is 52.1 Å². The topological polar surface area (TPSA) is 46.4 Å². The van der Waals surface area contributed by atoms with Gasteiger partial charge in [-0.2, -0.15) is 0 Å². The molecule has 5 heteroatoms. The van der Waals surface area contributed by atoms with E-state index in [2.05, 4.69) is 20.3 Å². The summed E-state index contributed by atoms with van der Waals surface area (Å²) in [6.07, 6.45) is 0. The molecule has 1 amide bonds. The maximum atomic E-state index is 12.0. The SMILES string of the molecule is CN=c1scc(-c2ccc(NC(=O)C(C)(C)C)cc2)n1C. The Labute approximate surface area is 129 Å². The zero-order chi connectivity index (χ0) is 15.6. The summed E-state index contributed by atoms with van der Waals surface area (Å²) in [6.45, 7) is 5.70. The average Bonchev–Trinajstić information content (AvgIpc) is 2.79. The molecule has 1 aromatic heterocycles. The van der Waals surface area contributed by atoms with Crippen molar-refractivity contribution in [3.63, 3.8) is 0 Å². The van der Waals surface area contributed by atoms with Crippen LogP contribution >= 0.6 is 11.3 Å². The molecule has 0 aliphatic carbocycles. The molecule has 0 spiro atoms. The molecular formula is C16H21N3OS. The Morgan fingerprint density at radius 2 is 1.86 bits per heavy atom. The van der Waals surface area contributed by atoms with Crippen LogP contribution in [0, 0.1) is 5.41 Å². The van der Waals surface area contributed by atoms with Crippen LogP contribution < -0.4 is 10.1 Å². The average molecular weight is 303 g/mol. The molecule has 0 saturated carbocycles. The second kappa shape index (κ2) is 5.85. The highest BCUT2D eigenvalue weighted by atomic mass is 32.1. The minimum absolute atomic E-state index is 0.0170. The lowest BCUT2D eigenvalue weighted by Gasteiger charge is -2.17. The van der Waals surface area contributed by atoms with Crippen molar-refractivity contribution in [2.24, 2.45) is 17.5 Å². The van der Waals surface area contributed by atoms with Crippen LogP contribution in [0.2, 0.25) is 0 Å². The third kappa shape index (κ3) is 3.42. The summed E-state index contributed by atoms with van der Waals surface area (Å²) in [5, 5.41) is 5.02. The molecule has 21 heavy (non-hydrogen) atoms. The minimum atomic E-state index is -0.393. The van der Waals surface area contributed by atoms with Gasteiger partial charge < -0.3 is 9.88 Å². The first-order valence-corrected chi connectivity index (χ1v) is 7.70. The summed E-state index contributed by atoms with van der Waals surface area (Å²) >= 11 is 1.62. The normalized spacial score (nSPS) is 12.5. The molecule has 0 aliphatic rings. The number of amides is 1. The highest BCUT2D eigenvalue weighted by Gasteiger charge is 2.21. The van der Waals surface area contributed by atoms with Gasteiger partial charge in [-0.1, -0.05) is 32.9 Å². The Kier molecular flexibility index (Phi) is 4.32. The van der Waals surface area contributed by atoms with Gasteiger partial charge in [0.1, 0.15) is 0 Å². The monoisotopic (exact) mass is 303 g/mol. The molecule has 0 fully saturated rings. The molecule has 0 bridgehead atoms. The first-order valence-electron chi connectivity index (χ1n) is 6.82. The number of hydrogen-bond acceptors (Lipinski definition) is 3. The number of rotatable bonds is 2. The van der Waals surface area contributed by atoms with Crippen LogP contribution in [-0.2, 0) is 11.8 Å². The molecule has 112 valence electrons. The summed E-state index contributed by atoms with van der Waals surface area (Å²) in [5.41, 5.74) is 2.65. The van der Waals surface area contributed by atoms with Crippen molar-refractivity contribution in [2.45, 2.75) is 20.8 Å². The predicted molar refractivity (Wildman–Crippen MR) is 88.3 cm³/mol. The molecule has 4 nitrogen and oxygen atoms in total. The molecule has 1 heterocycles. The van der Waals surface area contributed by atoms with Gasteiger partial charge in [0.25, 0.3) is 0 Å². The fourth-order valence-corrected chi connectivity index (χ4v) is 2.75. The number of carbonyl (C=O) groups is 1. The first kappa shape index (κ1) is 15.5. The van der Waals surface area contributed by atoms with Crippen molar-refractivity contribution in [3.8, 4) is 11.3 Å². The van der Waals surface area contributed by atoms with E-state index in [1.54, 1.807) is 18.4 Å². The maximum absolute atomic E-state index is 12.0. The van der Waals surface area contributed by atoms with Crippen LogP contribution in [0.3, 0.4) is 0 Å². The molecule has 0 unspecified atom stereocenters. The van der Waals surface area contributed by atoms with E-state index in [1.165, 1.54) is 0 Å². The first-order chi connectivity index (χ1) is 9.82. The lowest BCUT2D eigenvalue weighted by Crippen LogP contribution is -2.27. The number of hydrogen-bond donors (Lipinski definition) is 1. The van der Waals surface area contributed by atoms with Gasteiger partial charge in [-0.15, -0.1) is 11.3 Å². The van der Waals surface area contributed by atoms with Crippen LogP contribution in [0.25, 0.3) is 11.3 Å². The van der Waals surface area contributed by atoms with E-state index in [0.717, 1.165) is 21.7 Å². The molecule has 2 rings (SSSR count). The summed E-state index contributed by atoms with van der Waals surface area (Å²) in [5.74, 6) is 0.0170. The van der Waals surface area contributed by atoms with Crippen LogP contribution in [0.1, 0.15) is 20.8 Å². The number of nitrogens with one attached hydrogen (secondary N) is 1. The molecule has 0 atom stereocenters. The van der Waals surface area contributed by atoms with Crippen LogP contribution in [-0.4, -0.2) is 17.5 Å². The van der Waals surface area contributed by atoms with Gasteiger partial charge in [0.05, 0.1) is 5.69 Å². The van der Waals surface area contributed by atoms with Gasteiger partial charge in [0, 0.05) is 30.6 Å². The Hall–Kier alpha value is -1.88. The van der Waals surface area contributed by atoms with Crippen molar-refractivity contribution in [2.75, 3.05) is 12.4 Å². The largest absolute Gasteiger partial charge is 0.326 e. The second-order valence-electron chi connectivity index (χ2n) is 5.97. The van der Waals surface area contributed by atoms with Crippen molar-refractivity contribution in [1.82, 2.24) is 4.57 Å².